The number of para-hydroxylation sites is 1. The Kier molecular flexibility index (Phi) is 6.78. The van der Waals surface area contributed by atoms with Gasteiger partial charge in [0.1, 0.15) is 11.8 Å². The van der Waals surface area contributed by atoms with Gasteiger partial charge in [0.15, 0.2) is 6.61 Å². The summed E-state index contributed by atoms with van der Waals surface area (Å²) in [7, 11) is 0. The van der Waals surface area contributed by atoms with Crippen molar-refractivity contribution in [3.8, 4) is 11.8 Å². The van der Waals surface area contributed by atoms with Gasteiger partial charge in [-0.3, -0.25) is 14.5 Å². The molecule has 0 radical (unpaired) electrons. The molecule has 0 aromatic heterocycles. The average Bonchev–Trinajstić information content (AvgIpc) is 2.59. The molecule has 1 aromatic rings. The van der Waals surface area contributed by atoms with E-state index in [9.17, 15) is 9.59 Å². The van der Waals surface area contributed by atoms with Crippen molar-refractivity contribution >= 4 is 11.8 Å². The number of hydrogen-bond acceptors (Lipinski definition) is 5. The average molecular weight is 344 g/mol. The van der Waals surface area contributed by atoms with Gasteiger partial charge in [-0.15, -0.1) is 0 Å². The number of benzene rings is 1. The van der Waals surface area contributed by atoms with Crippen LogP contribution < -0.4 is 10.1 Å². The van der Waals surface area contributed by atoms with Crippen LogP contribution in [0, 0.1) is 11.3 Å². The lowest BCUT2D eigenvalue weighted by Gasteiger charge is -2.34. The molecule has 0 unspecified atom stereocenters. The van der Waals surface area contributed by atoms with Gasteiger partial charge >= 0.3 is 0 Å². The van der Waals surface area contributed by atoms with Crippen molar-refractivity contribution < 1.29 is 14.3 Å². The summed E-state index contributed by atoms with van der Waals surface area (Å²) < 4.78 is 5.49. The summed E-state index contributed by atoms with van der Waals surface area (Å²) in [5, 5.41) is 11.9. The highest BCUT2D eigenvalue weighted by Crippen LogP contribution is 2.16. The summed E-state index contributed by atoms with van der Waals surface area (Å²) in [5.74, 6) is 0.313. The number of nitrogens with zero attached hydrogens (tertiary/aromatic N) is 3. The third-order valence-corrected chi connectivity index (χ3v) is 3.90. The van der Waals surface area contributed by atoms with Gasteiger partial charge in [-0.1, -0.05) is 12.1 Å². The molecule has 0 atom stereocenters. The van der Waals surface area contributed by atoms with Crippen molar-refractivity contribution in [2.75, 3.05) is 39.3 Å². The Morgan fingerprint density at radius 3 is 2.56 bits per heavy atom. The summed E-state index contributed by atoms with van der Waals surface area (Å²) in [5.41, 5.74) is 0.413. The smallest absolute Gasteiger partial charge is 0.260 e. The lowest BCUT2D eigenvalue weighted by Crippen LogP contribution is -2.52. The predicted octanol–water partition coefficient (Wildman–Crippen LogP) is 0.606. The molecule has 1 fully saturated rings. The van der Waals surface area contributed by atoms with Gasteiger partial charge in [0.05, 0.1) is 12.1 Å². The number of nitrogens with one attached hydrogen (secondary N) is 1. The predicted molar refractivity (Wildman–Crippen MR) is 93.0 cm³/mol. The molecule has 2 amide bonds. The Morgan fingerprint density at radius 2 is 1.92 bits per heavy atom. The Balaban J connectivity index is 1.76. The molecule has 7 heteroatoms. The maximum absolute atomic E-state index is 12.3. The van der Waals surface area contributed by atoms with Crippen molar-refractivity contribution in [3.63, 3.8) is 0 Å². The molecule has 7 nitrogen and oxygen atoms in total. The van der Waals surface area contributed by atoms with Crippen LogP contribution in [0.25, 0.3) is 0 Å². The highest BCUT2D eigenvalue weighted by atomic mass is 16.5. The summed E-state index contributed by atoms with van der Waals surface area (Å²) in [6.07, 6.45) is 0. The van der Waals surface area contributed by atoms with Gasteiger partial charge in [-0.25, -0.2) is 0 Å². The topological polar surface area (TPSA) is 85.7 Å². The zero-order valence-corrected chi connectivity index (χ0v) is 14.7. The molecule has 1 saturated heterocycles. The minimum atomic E-state index is -0.112. The molecule has 1 aromatic carbocycles. The van der Waals surface area contributed by atoms with E-state index in [4.69, 9.17) is 10.00 Å². The number of carbonyl (C=O) groups excluding carboxylic acids is 2. The molecular formula is C18H24N4O3. The highest BCUT2D eigenvalue weighted by molar-refractivity contribution is 5.79. The van der Waals surface area contributed by atoms with E-state index in [1.807, 2.05) is 24.8 Å². The van der Waals surface area contributed by atoms with Crippen LogP contribution in [0.4, 0.5) is 0 Å². The second kappa shape index (κ2) is 9.04. The first-order valence-corrected chi connectivity index (χ1v) is 8.41. The van der Waals surface area contributed by atoms with Crippen molar-refractivity contribution in [2.45, 2.75) is 19.9 Å². The molecule has 1 N–H and O–H groups in total. The molecule has 134 valence electrons. The van der Waals surface area contributed by atoms with Crippen LogP contribution in [0.1, 0.15) is 19.4 Å². The van der Waals surface area contributed by atoms with Crippen molar-refractivity contribution in [1.29, 1.82) is 5.26 Å². The maximum Gasteiger partial charge on any atom is 0.260 e. The lowest BCUT2D eigenvalue weighted by molar-refractivity contribution is -0.135. The largest absolute Gasteiger partial charge is 0.482 e. The number of carbonyl (C=O) groups is 2. The second-order valence-electron chi connectivity index (χ2n) is 6.28. The van der Waals surface area contributed by atoms with Gasteiger partial charge in [0, 0.05) is 32.2 Å². The quantitative estimate of drug-likeness (QED) is 0.817. The minimum absolute atomic E-state index is 0.00576. The van der Waals surface area contributed by atoms with E-state index in [-0.39, 0.29) is 24.5 Å². The van der Waals surface area contributed by atoms with Crippen LogP contribution in [-0.4, -0.2) is 67.0 Å². The van der Waals surface area contributed by atoms with Crippen LogP contribution in [0.3, 0.4) is 0 Å². The molecule has 1 heterocycles. The highest BCUT2D eigenvalue weighted by Gasteiger charge is 2.23. The third-order valence-electron chi connectivity index (χ3n) is 3.90. The molecule has 1 aliphatic rings. The summed E-state index contributed by atoms with van der Waals surface area (Å²) >= 11 is 0. The molecule has 1 aliphatic heterocycles. The first-order chi connectivity index (χ1) is 12.0. The van der Waals surface area contributed by atoms with Crippen LogP contribution in [0.2, 0.25) is 0 Å². The van der Waals surface area contributed by atoms with Crippen molar-refractivity contribution in [3.05, 3.63) is 29.8 Å². The van der Waals surface area contributed by atoms with Gasteiger partial charge in [-0.05, 0) is 26.0 Å². The fraction of sp³-hybridized carbons (Fsp3) is 0.500. The molecule has 0 saturated carbocycles. The lowest BCUT2D eigenvalue weighted by atomic mass is 10.2. The zero-order valence-electron chi connectivity index (χ0n) is 14.7. The Bertz CT molecular complexity index is 646. The molecule has 25 heavy (non-hydrogen) atoms. The van der Waals surface area contributed by atoms with E-state index in [1.54, 1.807) is 29.2 Å². The number of rotatable bonds is 6. The van der Waals surface area contributed by atoms with E-state index in [2.05, 4.69) is 5.32 Å². The van der Waals surface area contributed by atoms with Gasteiger partial charge in [0.25, 0.3) is 5.91 Å². The first-order valence-electron chi connectivity index (χ1n) is 8.41. The Labute approximate surface area is 148 Å². The Hall–Kier alpha value is -2.59. The molecule has 0 bridgehead atoms. The SMILES string of the molecule is CC(C)NC(=O)CN1CCN(C(=O)COc2ccccc2C#N)CC1. The van der Waals surface area contributed by atoms with E-state index in [1.165, 1.54) is 0 Å². The zero-order chi connectivity index (χ0) is 18.2. The first kappa shape index (κ1) is 18.7. The van der Waals surface area contributed by atoms with Crippen LogP contribution in [0.5, 0.6) is 5.75 Å². The fourth-order valence-corrected chi connectivity index (χ4v) is 2.64. The molecule has 2 rings (SSSR count). The number of amides is 2. The maximum atomic E-state index is 12.3. The fourth-order valence-electron chi connectivity index (χ4n) is 2.64. The van der Waals surface area contributed by atoms with Crippen molar-refractivity contribution in [1.82, 2.24) is 15.1 Å². The van der Waals surface area contributed by atoms with Crippen molar-refractivity contribution in [2.24, 2.45) is 0 Å². The normalized spacial score (nSPS) is 14.9. The second-order valence-corrected chi connectivity index (χ2v) is 6.28. The van der Waals surface area contributed by atoms with Crippen LogP contribution in [0.15, 0.2) is 24.3 Å². The standard InChI is InChI=1S/C18H24N4O3/c1-14(2)20-17(23)12-21-7-9-22(10-8-21)18(24)13-25-16-6-4-3-5-15(16)11-19/h3-6,14H,7-10,12-13H2,1-2H3,(H,20,23). The molecule has 0 spiro atoms. The van der Waals surface area contributed by atoms with Gasteiger partial charge < -0.3 is 15.0 Å². The number of nitriles is 1. The summed E-state index contributed by atoms with van der Waals surface area (Å²) in [4.78, 5) is 27.8. The number of piperazine rings is 1. The van der Waals surface area contributed by atoms with Crippen LogP contribution in [-0.2, 0) is 9.59 Å². The van der Waals surface area contributed by atoms with Gasteiger partial charge in [-0.2, -0.15) is 5.26 Å². The molecule has 0 aliphatic carbocycles. The van der Waals surface area contributed by atoms with E-state index >= 15 is 0 Å². The van der Waals surface area contributed by atoms with E-state index < -0.39 is 0 Å². The van der Waals surface area contributed by atoms with Gasteiger partial charge in [0.2, 0.25) is 5.91 Å². The van der Waals surface area contributed by atoms with Crippen LogP contribution >= 0.6 is 0 Å². The third kappa shape index (κ3) is 5.76. The van der Waals surface area contributed by atoms with E-state index in [0.29, 0.717) is 44.0 Å². The summed E-state index contributed by atoms with van der Waals surface area (Å²) in [6, 6.07) is 9.02. The number of hydrogen-bond donors (Lipinski definition) is 1. The minimum Gasteiger partial charge on any atom is -0.482 e. The van der Waals surface area contributed by atoms with E-state index in [0.717, 1.165) is 0 Å². The molecular weight excluding hydrogens is 320 g/mol. The number of ether oxygens (including phenoxy) is 1. The monoisotopic (exact) mass is 344 g/mol. The Morgan fingerprint density at radius 1 is 1.24 bits per heavy atom. The summed E-state index contributed by atoms with van der Waals surface area (Å²) in [6.45, 7) is 6.57.